The summed E-state index contributed by atoms with van der Waals surface area (Å²) >= 11 is 0. The molecule has 15 heteroatoms. The topological polar surface area (TPSA) is 158 Å². The van der Waals surface area contributed by atoms with E-state index in [1.54, 1.807) is 7.05 Å². The molecular formula is C20H18F3N7O5. The molecule has 3 amide bonds. The van der Waals surface area contributed by atoms with Crippen molar-refractivity contribution < 1.29 is 36.7 Å². The average molecular weight is 493 g/mol. The summed E-state index contributed by atoms with van der Waals surface area (Å²) in [6.45, 7) is 0.468. The van der Waals surface area contributed by atoms with Gasteiger partial charge in [-0.3, -0.25) is 24.2 Å². The van der Waals surface area contributed by atoms with Crippen LogP contribution in [0.3, 0.4) is 0 Å². The van der Waals surface area contributed by atoms with Gasteiger partial charge in [-0.2, -0.15) is 18.3 Å². The van der Waals surface area contributed by atoms with Crippen LogP contribution in [0.15, 0.2) is 35.2 Å². The lowest BCUT2D eigenvalue weighted by Crippen LogP contribution is -2.29. The first-order chi connectivity index (χ1) is 16.5. The van der Waals surface area contributed by atoms with Gasteiger partial charge in [0.25, 0.3) is 5.91 Å². The van der Waals surface area contributed by atoms with E-state index < -0.39 is 30.0 Å². The van der Waals surface area contributed by atoms with Crippen molar-refractivity contribution in [3.05, 3.63) is 42.2 Å². The molecule has 184 valence electrons. The molecule has 0 spiro atoms. The van der Waals surface area contributed by atoms with Gasteiger partial charge in [0.05, 0.1) is 11.9 Å². The molecular weight excluding hydrogens is 475 g/mol. The van der Waals surface area contributed by atoms with Crippen molar-refractivity contribution in [3.63, 3.8) is 0 Å². The summed E-state index contributed by atoms with van der Waals surface area (Å²) in [6, 6.07) is 2.25. The fourth-order valence-corrected chi connectivity index (χ4v) is 3.47. The molecule has 0 aromatic carbocycles. The van der Waals surface area contributed by atoms with Crippen LogP contribution < -0.4 is 16.0 Å². The third-order valence-corrected chi connectivity index (χ3v) is 4.95. The Labute approximate surface area is 194 Å². The third-order valence-electron chi connectivity index (χ3n) is 4.95. The number of carbonyl (C=O) groups excluding carboxylic acids is 3. The average Bonchev–Trinajstić information content (AvgIpc) is 3.51. The number of ether oxygens (including phenoxy) is 1. The van der Waals surface area contributed by atoms with Gasteiger partial charge in [-0.1, -0.05) is 0 Å². The molecule has 3 N–H and O–H groups in total. The Morgan fingerprint density at radius 1 is 1.34 bits per heavy atom. The van der Waals surface area contributed by atoms with E-state index in [4.69, 9.17) is 10.2 Å². The molecule has 0 saturated carbocycles. The molecule has 4 heterocycles. The number of hydrogen-bond acceptors (Lipinski definition) is 8. The number of halogens is 3. The van der Waals surface area contributed by atoms with E-state index >= 15 is 0 Å². The van der Waals surface area contributed by atoms with E-state index in [-0.39, 0.29) is 28.7 Å². The second kappa shape index (κ2) is 9.08. The Bertz CT molecular complexity index is 1290. The first-order valence-electron chi connectivity index (χ1n) is 10.1. The highest BCUT2D eigenvalue weighted by Crippen LogP contribution is 2.36. The molecule has 3 aromatic rings. The first-order valence-corrected chi connectivity index (χ1v) is 10.1. The summed E-state index contributed by atoms with van der Waals surface area (Å²) in [5.41, 5.74) is 4.23. The first kappa shape index (κ1) is 23.7. The van der Waals surface area contributed by atoms with Crippen LogP contribution in [0.2, 0.25) is 0 Å². The van der Waals surface area contributed by atoms with Gasteiger partial charge in [-0.15, -0.1) is 0 Å². The van der Waals surface area contributed by atoms with Crippen LogP contribution in [0.1, 0.15) is 35.1 Å². The largest absolute Gasteiger partial charge is 0.444 e. The number of nitrogens with one attached hydrogen (secondary N) is 1. The highest BCUT2D eigenvalue weighted by Gasteiger charge is 2.45. The number of oxazole rings is 1. The third kappa shape index (κ3) is 5.07. The van der Waals surface area contributed by atoms with Crippen LogP contribution in [0.4, 0.5) is 29.5 Å². The monoisotopic (exact) mass is 493 g/mol. The second-order valence-electron chi connectivity index (χ2n) is 7.51. The predicted molar refractivity (Wildman–Crippen MR) is 112 cm³/mol. The number of amides is 3. The molecule has 4 rings (SSSR count). The molecule has 0 bridgehead atoms. The molecule has 12 nitrogen and oxygen atoms in total. The number of aryl methyl sites for hydroxylation is 1. The maximum atomic E-state index is 13.3. The van der Waals surface area contributed by atoms with Gasteiger partial charge in [0.1, 0.15) is 12.0 Å². The minimum atomic E-state index is -4.97. The van der Waals surface area contributed by atoms with Crippen molar-refractivity contribution in [1.29, 1.82) is 0 Å². The van der Waals surface area contributed by atoms with Gasteiger partial charge in [0.15, 0.2) is 11.5 Å². The van der Waals surface area contributed by atoms with Crippen LogP contribution >= 0.6 is 0 Å². The van der Waals surface area contributed by atoms with Gasteiger partial charge in [-0.25, -0.2) is 9.78 Å². The zero-order chi connectivity index (χ0) is 25.3. The van der Waals surface area contributed by atoms with E-state index in [0.29, 0.717) is 25.2 Å². The van der Waals surface area contributed by atoms with Crippen LogP contribution in [-0.4, -0.2) is 50.4 Å². The smallest absolute Gasteiger partial charge is 0.431 e. The number of hydrogen-bond donors (Lipinski definition) is 2. The molecule has 3 aromatic heterocycles. The maximum absolute atomic E-state index is 13.3. The van der Waals surface area contributed by atoms with Crippen molar-refractivity contribution in [2.24, 2.45) is 12.8 Å². The minimum absolute atomic E-state index is 0.0427. The Balaban J connectivity index is 1.56. The Kier molecular flexibility index (Phi) is 6.15. The van der Waals surface area contributed by atoms with Gasteiger partial charge in [0, 0.05) is 31.8 Å². The Morgan fingerprint density at radius 2 is 2.11 bits per heavy atom. The number of nitrogens with two attached hydrogens (primary N) is 1. The van der Waals surface area contributed by atoms with Crippen molar-refractivity contribution in [1.82, 2.24) is 19.7 Å². The summed E-state index contributed by atoms with van der Waals surface area (Å²) in [6.07, 6.45) is -4.68. The van der Waals surface area contributed by atoms with Crippen LogP contribution in [0.5, 0.6) is 0 Å². The summed E-state index contributed by atoms with van der Waals surface area (Å²) in [5.74, 6) is -0.701. The van der Waals surface area contributed by atoms with Crippen molar-refractivity contribution >= 4 is 29.4 Å². The van der Waals surface area contributed by atoms with Gasteiger partial charge in [0.2, 0.25) is 17.9 Å². The highest BCUT2D eigenvalue weighted by atomic mass is 19.4. The van der Waals surface area contributed by atoms with E-state index in [2.05, 4.69) is 25.1 Å². The zero-order valence-electron chi connectivity index (χ0n) is 18.1. The number of aromatic nitrogens is 4. The quantitative estimate of drug-likeness (QED) is 0.530. The number of anilines is 2. The summed E-state index contributed by atoms with van der Waals surface area (Å²) < 4.78 is 50.7. The Hall–Kier alpha value is -4.43. The van der Waals surface area contributed by atoms with E-state index in [1.165, 1.54) is 21.8 Å². The molecule has 35 heavy (non-hydrogen) atoms. The van der Waals surface area contributed by atoms with Gasteiger partial charge < -0.3 is 20.2 Å². The van der Waals surface area contributed by atoms with Crippen LogP contribution in [0.25, 0.3) is 11.5 Å². The molecule has 1 unspecified atom stereocenters. The van der Waals surface area contributed by atoms with Crippen LogP contribution in [-0.2, 0) is 16.6 Å². The molecule has 1 fully saturated rings. The van der Waals surface area contributed by atoms with E-state index in [9.17, 15) is 27.6 Å². The van der Waals surface area contributed by atoms with Gasteiger partial charge in [-0.05, 0) is 18.6 Å². The van der Waals surface area contributed by atoms with E-state index in [0.717, 1.165) is 18.5 Å². The normalized spacial score (nSPS) is 14.7. The lowest BCUT2D eigenvalue weighted by Gasteiger charge is -2.19. The summed E-state index contributed by atoms with van der Waals surface area (Å²) in [5, 5.41) is 6.84. The second-order valence-corrected chi connectivity index (χ2v) is 7.51. The molecule has 1 aliphatic rings. The molecule has 1 atom stereocenters. The fourth-order valence-electron chi connectivity index (χ4n) is 3.47. The number of pyridine rings is 1. The van der Waals surface area contributed by atoms with Crippen molar-refractivity contribution in [2.45, 2.75) is 25.1 Å². The predicted octanol–water partition coefficient (Wildman–Crippen LogP) is 2.55. The SMILES string of the molecule is Cn1cc(NC(=O)c2coc(-c3ccnc(C(OC(N)=O)C(F)(F)F)c3)n2)c(N2CCCC2=O)n1. The number of nitrogens with zero attached hydrogens (tertiary/aromatic N) is 5. The molecule has 0 aliphatic carbocycles. The maximum Gasteiger partial charge on any atom is 0.431 e. The lowest BCUT2D eigenvalue weighted by atomic mass is 10.1. The standard InChI is InChI=1S/C20H18F3N7O5/c1-29-8-12(16(28-29)30-6-2-3-14(30)31)26-17(32)13-9-34-18(27-13)10-4-5-25-11(7-10)15(20(21,22)23)35-19(24)33/h4-5,7-9,15H,2-3,6H2,1H3,(H2,24,33)(H,26,32). The molecule has 0 radical (unpaired) electrons. The Morgan fingerprint density at radius 3 is 2.77 bits per heavy atom. The zero-order valence-corrected chi connectivity index (χ0v) is 18.1. The lowest BCUT2D eigenvalue weighted by molar-refractivity contribution is -0.206. The number of rotatable bonds is 6. The molecule has 1 saturated heterocycles. The number of primary amides is 1. The fraction of sp³-hybridized carbons (Fsp3) is 0.300. The number of alkyl halides is 3. The summed E-state index contributed by atoms with van der Waals surface area (Å²) in [4.78, 5) is 44.8. The minimum Gasteiger partial charge on any atom is -0.444 e. The van der Waals surface area contributed by atoms with Crippen LogP contribution in [0, 0.1) is 0 Å². The highest BCUT2D eigenvalue weighted by molar-refractivity contribution is 6.06. The molecule has 1 aliphatic heterocycles. The van der Waals surface area contributed by atoms with Crippen molar-refractivity contribution in [3.8, 4) is 11.5 Å². The van der Waals surface area contributed by atoms with Crippen molar-refractivity contribution in [2.75, 3.05) is 16.8 Å². The van der Waals surface area contributed by atoms with Gasteiger partial charge >= 0.3 is 12.3 Å². The van der Waals surface area contributed by atoms with E-state index in [1.807, 2.05) is 0 Å². The number of carbonyl (C=O) groups is 3. The summed E-state index contributed by atoms with van der Waals surface area (Å²) in [7, 11) is 1.63.